The molecule has 15 heavy (non-hydrogen) atoms. The van der Waals surface area contributed by atoms with Gasteiger partial charge < -0.3 is 5.73 Å². The third kappa shape index (κ3) is 2.40. The second-order valence-corrected chi connectivity index (χ2v) is 4.59. The number of rotatable bonds is 3. The van der Waals surface area contributed by atoms with E-state index in [-0.39, 0.29) is 0 Å². The largest absolute Gasteiger partial charge is 0.330 e. The zero-order chi connectivity index (χ0) is 10.7. The molecule has 84 valence electrons. The lowest BCUT2D eigenvalue weighted by Gasteiger charge is -2.20. The molecule has 3 heteroatoms. The van der Waals surface area contributed by atoms with Gasteiger partial charge in [-0.2, -0.15) is 5.10 Å². The number of hydrogen-bond donors (Lipinski definition) is 1. The summed E-state index contributed by atoms with van der Waals surface area (Å²) in [6.45, 7) is 0.728. The fourth-order valence-electron chi connectivity index (χ4n) is 2.62. The maximum absolute atomic E-state index is 5.63. The first-order valence-corrected chi connectivity index (χ1v) is 6.03. The van der Waals surface area contributed by atoms with Crippen LogP contribution in [0.25, 0.3) is 0 Å². The molecule has 2 rings (SSSR count). The predicted octanol–water partition coefficient (Wildman–Crippen LogP) is 1.97. The monoisotopic (exact) mass is 207 g/mol. The molecule has 1 saturated carbocycles. The molecule has 2 N–H and O–H groups in total. The molecule has 0 radical (unpaired) electrons. The Morgan fingerprint density at radius 2 is 2.13 bits per heavy atom. The maximum Gasteiger partial charge on any atom is 0.0687 e. The fraction of sp³-hybridized carbons (Fsp3) is 0.750. The number of aryl methyl sites for hydroxylation is 1. The highest BCUT2D eigenvalue weighted by atomic mass is 15.3. The molecule has 0 unspecified atom stereocenters. The molecule has 1 heterocycles. The Morgan fingerprint density at radius 1 is 1.40 bits per heavy atom. The van der Waals surface area contributed by atoms with Gasteiger partial charge in [0, 0.05) is 19.2 Å². The summed E-state index contributed by atoms with van der Waals surface area (Å²) in [5, 5.41) is 4.61. The Morgan fingerprint density at radius 3 is 2.80 bits per heavy atom. The van der Waals surface area contributed by atoms with Crippen molar-refractivity contribution in [1.29, 1.82) is 0 Å². The van der Waals surface area contributed by atoms with Crippen molar-refractivity contribution in [2.45, 2.75) is 44.4 Å². The molecule has 1 aromatic heterocycles. The van der Waals surface area contributed by atoms with Gasteiger partial charge in [-0.05, 0) is 31.4 Å². The minimum atomic E-state index is 0.696. The molecule has 0 amide bonds. The molecular formula is C12H21N3. The van der Waals surface area contributed by atoms with E-state index in [9.17, 15) is 0 Å². The van der Waals surface area contributed by atoms with Crippen LogP contribution in [0.15, 0.2) is 6.20 Å². The molecular weight excluding hydrogens is 186 g/mol. The van der Waals surface area contributed by atoms with Crippen molar-refractivity contribution in [3.63, 3.8) is 0 Å². The van der Waals surface area contributed by atoms with Crippen LogP contribution in [0.3, 0.4) is 0 Å². The summed E-state index contributed by atoms with van der Waals surface area (Å²) in [5.41, 5.74) is 8.32. The maximum atomic E-state index is 5.63. The molecule has 0 bridgehead atoms. The quantitative estimate of drug-likeness (QED) is 0.823. The smallest absolute Gasteiger partial charge is 0.0687 e. The van der Waals surface area contributed by atoms with Crippen molar-refractivity contribution in [1.82, 2.24) is 9.78 Å². The van der Waals surface area contributed by atoms with Gasteiger partial charge in [-0.3, -0.25) is 4.68 Å². The zero-order valence-corrected chi connectivity index (χ0v) is 9.58. The van der Waals surface area contributed by atoms with E-state index in [2.05, 4.69) is 11.3 Å². The average Bonchev–Trinajstić information content (AvgIpc) is 2.62. The van der Waals surface area contributed by atoms with Crippen molar-refractivity contribution in [2.75, 3.05) is 6.54 Å². The van der Waals surface area contributed by atoms with E-state index in [0.29, 0.717) is 5.92 Å². The van der Waals surface area contributed by atoms with Gasteiger partial charge in [0.05, 0.1) is 5.69 Å². The van der Waals surface area contributed by atoms with Crippen molar-refractivity contribution in [3.05, 3.63) is 17.5 Å². The fourth-order valence-corrected chi connectivity index (χ4v) is 2.62. The van der Waals surface area contributed by atoms with Crippen LogP contribution in [0.1, 0.15) is 49.3 Å². The van der Waals surface area contributed by atoms with Crippen LogP contribution in [0, 0.1) is 0 Å². The second-order valence-electron chi connectivity index (χ2n) is 4.59. The van der Waals surface area contributed by atoms with Crippen LogP contribution >= 0.6 is 0 Å². The minimum absolute atomic E-state index is 0.696. The van der Waals surface area contributed by atoms with Gasteiger partial charge in [-0.15, -0.1) is 0 Å². The van der Waals surface area contributed by atoms with Gasteiger partial charge in [-0.25, -0.2) is 0 Å². The van der Waals surface area contributed by atoms with E-state index in [4.69, 9.17) is 5.73 Å². The highest BCUT2D eigenvalue weighted by Crippen LogP contribution is 2.33. The summed E-state index contributed by atoms with van der Waals surface area (Å²) in [7, 11) is 2.01. The SMILES string of the molecule is Cn1cc(CCN)c(C2CCCCC2)n1. The summed E-state index contributed by atoms with van der Waals surface area (Å²) in [5.74, 6) is 0.696. The molecule has 1 aromatic rings. The molecule has 1 aliphatic rings. The number of nitrogens with two attached hydrogens (primary N) is 1. The minimum Gasteiger partial charge on any atom is -0.330 e. The Labute approximate surface area is 91.7 Å². The highest BCUT2D eigenvalue weighted by molar-refractivity contribution is 5.22. The molecule has 0 aromatic carbocycles. The topological polar surface area (TPSA) is 43.8 Å². The summed E-state index contributed by atoms with van der Waals surface area (Å²) in [6.07, 6.45) is 9.86. The molecule has 0 spiro atoms. The number of aromatic nitrogens is 2. The van der Waals surface area contributed by atoms with Crippen molar-refractivity contribution in [2.24, 2.45) is 12.8 Å². The van der Waals surface area contributed by atoms with E-state index in [1.54, 1.807) is 0 Å². The van der Waals surface area contributed by atoms with Gasteiger partial charge in [-0.1, -0.05) is 19.3 Å². The lowest BCUT2D eigenvalue weighted by atomic mass is 9.85. The standard InChI is InChI=1S/C12H21N3/c1-15-9-11(7-8-13)12(14-15)10-5-3-2-4-6-10/h9-10H,2-8,13H2,1H3. The van der Waals surface area contributed by atoms with Crippen molar-refractivity contribution < 1.29 is 0 Å². The number of nitrogens with zero attached hydrogens (tertiary/aromatic N) is 2. The Balaban J connectivity index is 2.17. The average molecular weight is 207 g/mol. The van der Waals surface area contributed by atoms with Gasteiger partial charge in [0.2, 0.25) is 0 Å². The molecule has 3 nitrogen and oxygen atoms in total. The predicted molar refractivity (Wildman–Crippen MR) is 61.8 cm³/mol. The third-order valence-electron chi connectivity index (χ3n) is 3.34. The van der Waals surface area contributed by atoms with Gasteiger partial charge in [0.1, 0.15) is 0 Å². The van der Waals surface area contributed by atoms with Crippen LogP contribution in [0.4, 0.5) is 0 Å². The van der Waals surface area contributed by atoms with Gasteiger partial charge in [0.15, 0.2) is 0 Å². The first-order chi connectivity index (χ1) is 7.31. The Hall–Kier alpha value is -0.830. The highest BCUT2D eigenvalue weighted by Gasteiger charge is 2.20. The summed E-state index contributed by atoms with van der Waals surface area (Å²) in [4.78, 5) is 0. The Kier molecular flexibility index (Phi) is 3.41. The van der Waals surface area contributed by atoms with E-state index in [0.717, 1.165) is 13.0 Å². The summed E-state index contributed by atoms with van der Waals surface area (Å²) in [6, 6.07) is 0. The lowest BCUT2D eigenvalue weighted by Crippen LogP contribution is -2.10. The first kappa shape index (κ1) is 10.7. The molecule has 0 atom stereocenters. The van der Waals surface area contributed by atoms with E-state index >= 15 is 0 Å². The zero-order valence-electron chi connectivity index (χ0n) is 9.58. The third-order valence-corrected chi connectivity index (χ3v) is 3.34. The van der Waals surface area contributed by atoms with E-state index in [1.165, 1.54) is 43.4 Å². The Bertz CT molecular complexity index is 311. The van der Waals surface area contributed by atoms with E-state index in [1.807, 2.05) is 11.7 Å². The van der Waals surface area contributed by atoms with Crippen LogP contribution in [-0.2, 0) is 13.5 Å². The van der Waals surface area contributed by atoms with Gasteiger partial charge >= 0.3 is 0 Å². The van der Waals surface area contributed by atoms with Crippen molar-refractivity contribution in [3.8, 4) is 0 Å². The van der Waals surface area contributed by atoms with Crippen LogP contribution in [0.2, 0.25) is 0 Å². The molecule has 1 fully saturated rings. The van der Waals surface area contributed by atoms with E-state index < -0.39 is 0 Å². The summed E-state index contributed by atoms with van der Waals surface area (Å²) >= 11 is 0. The van der Waals surface area contributed by atoms with Crippen molar-refractivity contribution >= 4 is 0 Å². The molecule has 0 aliphatic heterocycles. The van der Waals surface area contributed by atoms with Crippen LogP contribution in [-0.4, -0.2) is 16.3 Å². The molecule has 1 aliphatic carbocycles. The number of hydrogen-bond acceptors (Lipinski definition) is 2. The summed E-state index contributed by atoms with van der Waals surface area (Å²) < 4.78 is 1.94. The first-order valence-electron chi connectivity index (χ1n) is 6.03. The second kappa shape index (κ2) is 4.79. The van der Waals surface area contributed by atoms with Crippen LogP contribution < -0.4 is 5.73 Å². The van der Waals surface area contributed by atoms with Crippen LogP contribution in [0.5, 0.6) is 0 Å². The normalized spacial score (nSPS) is 18.3. The lowest BCUT2D eigenvalue weighted by molar-refractivity contribution is 0.432. The van der Waals surface area contributed by atoms with Gasteiger partial charge in [0.25, 0.3) is 0 Å². The molecule has 0 saturated heterocycles.